The van der Waals surface area contributed by atoms with Crippen LogP contribution in [-0.2, 0) is 47.5 Å². The van der Waals surface area contributed by atoms with E-state index in [9.17, 15) is 70.2 Å². The van der Waals surface area contributed by atoms with Gasteiger partial charge in [-0.1, -0.05) is 44.4 Å². The number of benzene rings is 1. The molecule has 4 fully saturated rings. The summed E-state index contributed by atoms with van der Waals surface area (Å²) in [6, 6.07) is -0.191. The fraction of sp³-hybridized carbons (Fsp3) is 0.750. The van der Waals surface area contributed by atoms with Crippen LogP contribution in [0.5, 0.6) is 5.75 Å². The van der Waals surface area contributed by atoms with Gasteiger partial charge in [0.25, 0.3) is 5.91 Å². The molecule has 420 valence electrons. The molecule has 4 aliphatic rings. The summed E-state index contributed by atoms with van der Waals surface area (Å²) in [5.41, 5.74) is 0.0817. The third-order valence-corrected chi connectivity index (χ3v) is 13.0. The van der Waals surface area contributed by atoms with E-state index in [4.69, 9.17) is 37.9 Å². The Morgan fingerprint density at radius 2 is 0.986 bits per heavy atom. The van der Waals surface area contributed by atoms with Gasteiger partial charge in [0.05, 0.1) is 33.0 Å². The highest BCUT2D eigenvalue weighted by atomic mass is 16.8. The van der Waals surface area contributed by atoms with Crippen molar-refractivity contribution in [2.45, 2.75) is 195 Å². The molecule has 4 amide bonds. The van der Waals surface area contributed by atoms with Crippen LogP contribution in [0.1, 0.15) is 83.0 Å². The van der Waals surface area contributed by atoms with Crippen LogP contribution in [0.2, 0.25) is 0 Å². The predicted octanol–water partition coefficient (Wildman–Crippen LogP) is -4.19. The Morgan fingerprint density at radius 3 is 1.47 bits per heavy atom. The standard InChI is InChI=1S/C48H76N4O22/c1-5-6-7-8-9-10-11-12-13-17-67-27-16-14-15-26(18-27)44(65)52-33-37(61)36(60)28(19-53)69-46(33)73-42-30(21-55)71-48(35(39(42)63)51-25(4)59)74-43-31(22-56)70-47(34(40(43)64)50-24(3)58)72-41-29(20-54)68-45(66)32(38(41)62)49-23(2)57/h10-11,14-16,18,28-43,45-48,53-56,60-64,66H,5-9,12-13,17,19-22H2,1-4H3,(H,49,57)(H,50,58)(H,51,59)(H,52,65)/b11-10-/t28?,29?,30?,31?,32?,33?,34?,35?,36-,37-,38?,39?,40-,41-,42-,43-,45?,46+,47+,48+/m1/s1. The zero-order valence-corrected chi connectivity index (χ0v) is 41.9. The first-order valence-corrected chi connectivity index (χ1v) is 25.0. The van der Waals surface area contributed by atoms with E-state index in [0.29, 0.717) is 12.4 Å². The first-order valence-electron chi connectivity index (χ1n) is 25.0. The fourth-order valence-corrected chi connectivity index (χ4v) is 9.21. The first-order chi connectivity index (χ1) is 35.4. The molecule has 4 heterocycles. The Labute approximate surface area is 428 Å². The second kappa shape index (κ2) is 29.5. The van der Waals surface area contributed by atoms with Crippen molar-refractivity contribution in [1.82, 2.24) is 21.3 Å². The molecule has 4 saturated heterocycles. The van der Waals surface area contributed by atoms with E-state index in [-0.39, 0.29) is 5.56 Å². The van der Waals surface area contributed by atoms with Gasteiger partial charge >= 0.3 is 0 Å². The summed E-state index contributed by atoms with van der Waals surface area (Å²) in [5, 5.41) is 119. The molecular formula is C48H76N4O22. The number of hydrogen-bond acceptors (Lipinski definition) is 22. The van der Waals surface area contributed by atoms with Gasteiger partial charge in [-0.3, -0.25) is 19.2 Å². The average Bonchev–Trinajstić information content (AvgIpc) is 3.36. The lowest BCUT2D eigenvalue weighted by Crippen LogP contribution is -2.71. The SMILES string of the molecule is CCCCCC/C=C\CCCOc1cccc(C(=O)NC2[C@H](O[C@@H]3C(CO)O[C@@H](O[C@@H]4C(CO)O[C@@H](O[C@@H]5C(CO)OC(O)C(NC(C)=O)C5O)C(NC(C)=O)[C@H]4O)C(NC(C)=O)C3O)OC(CO)[C@@H](O)[C@@H]2O)c1. The van der Waals surface area contributed by atoms with Gasteiger partial charge in [0.15, 0.2) is 25.2 Å². The van der Waals surface area contributed by atoms with E-state index >= 15 is 0 Å². The highest BCUT2D eigenvalue weighted by Gasteiger charge is 2.56. The maximum Gasteiger partial charge on any atom is 0.251 e. The zero-order chi connectivity index (χ0) is 54.2. The molecule has 0 radical (unpaired) electrons. The maximum absolute atomic E-state index is 13.8. The van der Waals surface area contributed by atoms with Crippen molar-refractivity contribution in [2.75, 3.05) is 33.0 Å². The van der Waals surface area contributed by atoms with Crippen LogP contribution in [-0.4, -0.2) is 230 Å². The molecule has 11 unspecified atom stereocenters. The average molecular weight is 1060 g/mol. The van der Waals surface area contributed by atoms with Gasteiger partial charge in [-0.2, -0.15) is 0 Å². The minimum Gasteiger partial charge on any atom is -0.494 e. The lowest BCUT2D eigenvalue weighted by atomic mass is 9.93. The second-order valence-electron chi connectivity index (χ2n) is 18.7. The number of allylic oxidation sites excluding steroid dienone is 2. The first kappa shape index (κ1) is 60.8. The van der Waals surface area contributed by atoms with E-state index in [1.807, 2.05) is 0 Å². The number of unbranched alkanes of at least 4 members (excludes halogenated alkanes) is 5. The zero-order valence-electron chi connectivity index (χ0n) is 41.9. The number of aliphatic hydroxyl groups is 10. The van der Waals surface area contributed by atoms with Crippen molar-refractivity contribution >= 4 is 23.6 Å². The third kappa shape index (κ3) is 16.0. The van der Waals surface area contributed by atoms with Crippen molar-refractivity contribution < 1.29 is 108 Å². The van der Waals surface area contributed by atoms with E-state index in [2.05, 4.69) is 40.3 Å². The molecule has 1 aromatic rings. The molecule has 14 N–H and O–H groups in total. The molecule has 4 aliphatic heterocycles. The molecule has 0 aromatic heterocycles. The summed E-state index contributed by atoms with van der Waals surface area (Å²) in [4.78, 5) is 50.9. The van der Waals surface area contributed by atoms with Crippen molar-refractivity contribution in [2.24, 2.45) is 0 Å². The Balaban J connectivity index is 1.32. The Bertz CT molecular complexity index is 1960. The number of carbonyl (C=O) groups excluding carboxylic acids is 4. The van der Waals surface area contributed by atoms with Gasteiger partial charge in [-0.05, 0) is 43.9 Å². The number of carbonyl (C=O) groups is 4. The van der Waals surface area contributed by atoms with Crippen LogP contribution in [0.25, 0.3) is 0 Å². The summed E-state index contributed by atoms with van der Waals surface area (Å²) in [6.07, 6.45) is -16.1. The predicted molar refractivity (Wildman–Crippen MR) is 253 cm³/mol. The summed E-state index contributed by atoms with van der Waals surface area (Å²) >= 11 is 0. The van der Waals surface area contributed by atoms with Crippen LogP contribution < -0.4 is 26.0 Å². The number of ether oxygens (including phenoxy) is 8. The van der Waals surface area contributed by atoms with Gasteiger partial charge in [0.2, 0.25) is 17.7 Å². The summed E-state index contributed by atoms with van der Waals surface area (Å²) < 4.78 is 47.4. The molecule has 0 bridgehead atoms. The van der Waals surface area contributed by atoms with Gasteiger partial charge in [-0.15, -0.1) is 0 Å². The van der Waals surface area contributed by atoms with Crippen molar-refractivity contribution in [3.8, 4) is 5.75 Å². The van der Waals surface area contributed by atoms with Crippen LogP contribution in [0.4, 0.5) is 0 Å². The molecule has 0 aliphatic carbocycles. The summed E-state index contributed by atoms with van der Waals surface area (Å²) in [7, 11) is 0. The van der Waals surface area contributed by atoms with Crippen molar-refractivity contribution in [1.29, 1.82) is 0 Å². The van der Waals surface area contributed by atoms with E-state index in [1.165, 1.54) is 31.4 Å². The van der Waals surface area contributed by atoms with E-state index in [0.717, 1.165) is 46.5 Å². The largest absolute Gasteiger partial charge is 0.494 e. The Morgan fingerprint density at radius 1 is 0.541 bits per heavy atom. The maximum atomic E-state index is 13.8. The number of hydrogen-bond donors (Lipinski definition) is 14. The smallest absolute Gasteiger partial charge is 0.251 e. The van der Waals surface area contributed by atoms with Crippen LogP contribution in [0, 0.1) is 0 Å². The quantitative estimate of drug-likeness (QED) is 0.0326. The Kier molecular flexibility index (Phi) is 24.2. The summed E-state index contributed by atoms with van der Waals surface area (Å²) in [5.74, 6) is -2.58. The second-order valence-corrected chi connectivity index (χ2v) is 18.7. The minimum absolute atomic E-state index is 0.0817. The van der Waals surface area contributed by atoms with E-state index < -0.39 is 173 Å². The number of aliphatic hydroxyl groups excluding tert-OH is 10. The van der Waals surface area contributed by atoms with Gasteiger partial charge < -0.3 is 110 Å². The number of nitrogens with one attached hydrogen (secondary N) is 4. The molecule has 5 rings (SSSR count). The fourth-order valence-electron chi connectivity index (χ4n) is 9.21. The molecule has 0 spiro atoms. The van der Waals surface area contributed by atoms with Crippen LogP contribution in [0.3, 0.4) is 0 Å². The van der Waals surface area contributed by atoms with Gasteiger partial charge in [0, 0.05) is 26.3 Å². The molecule has 1 aromatic carbocycles. The monoisotopic (exact) mass is 1060 g/mol. The van der Waals surface area contributed by atoms with Crippen molar-refractivity contribution in [3.05, 3.63) is 42.0 Å². The van der Waals surface area contributed by atoms with Crippen LogP contribution >= 0.6 is 0 Å². The highest BCUT2D eigenvalue weighted by Crippen LogP contribution is 2.35. The molecule has 20 atom stereocenters. The highest BCUT2D eigenvalue weighted by molar-refractivity contribution is 5.94. The molecule has 26 heteroatoms. The normalized spacial score (nSPS) is 36.5. The summed E-state index contributed by atoms with van der Waals surface area (Å²) in [6.45, 7) is 2.23. The molecule has 26 nitrogen and oxygen atoms in total. The third-order valence-electron chi connectivity index (χ3n) is 13.0. The van der Waals surface area contributed by atoms with Gasteiger partial charge in [0.1, 0.15) is 103 Å². The molecule has 0 saturated carbocycles. The minimum atomic E-state index is -1.94. The number of amides is 4. The lowest BCUT2D eigenvalue weighted by Gasteiger charge is -2.51. The van der Waals surface area contributed by atoms with Crippen LogP contribution in [0.15, 0.2) is 36.4 Å². The molecule has 74 heavy (non-hydrogen) atoms. The Hall–Kier alpha value is -4.04. The van der Waals surface area contributed by atoms with E-state index in [1.54, 1.807) is 12.1 Å². The molecular weight excluding hydrogens is 985 g/mol. The lowest BCUT2D eigenvalue weighted by molar-refractivity contribution is -0.361. The van der Waals surface area contributed by atoms with Gasteiger partial charge in [-0.25, -0.2) is 0 Å². The topological polar surface area (TPSA) is 393 Å². The van der Waals surface area contributed by atoms with Crippen molar-refractivity contribution in [3.63, 3.8) is 0 Å². The number of rotatable bonds is 25.